The number of ether oxygens (including phenoxy) is 2. The molecule has 0 atom stereocenters. The SMILES string of the molecule is Nc1ccc(Oc2ccc3c(c2)C(=O)c2ccc(Oc4ccc(N)cc4C(F)(F)F)cc2C3=O)c(C(F)(F)F)c1. The average Bonchev–Trinajstić information content (AvgIpc) is 2.88. The van der Waals surface area contributed by atoms with E-state index in [1.54, 1.807) is 0 Å². The van der Waals surface area contributed by atoms with Crippen LogP contribution in [0, 0.1) is 0 Å². The van der Waals surface area contributed by atoms with Gasteiger partial charge in [0.2, 0.25) is 0 Å². The fraction of sp³-hybridized carbons (Fsp3) is 0.0714. The highest BCUT2D eigenvalue weighted by molar-refractivity contribution is 6.28. The molecule has 0 radical (unpaired) electrons. The smallest absolute Gasteiger partial charge is 0.420 e. The second kappa shape index (κ2) is 9.33. The van der Waals surface area contributed by atoms with Crippen molar-refractivity contribution in [1.29, 1.82) is 0 Å². The molecule has 40 heavy (non-hydrogen) atoms. The second-order valence-electron chi connectivity index (χ2n) is 8.78. The number of carbonyl (C=O) groups is 2. The van der Waals surface area contributed by atoms with E-state index in [4.69, 9.17) is 20.9 Å². The van der Waals surface area contributed by atoms with Crippen molar-refractivity contribution >= 4 is 22.9 Å². The van der Waals surface area contributed by atoms with Crippen LogP contribution in [0.15, 0.2) is 72.8 Å². The van der Waals surface area contributed by atoms with Crippen molar-refractivity contribution in [1.82, 2.24) is 0 Å². The lowest BCUT2D eigenvalue weighted by Crippen LogP contribution is -2.21. The number of benzene rings is 4. The highest BCUT2D eigenvalue weighted by Crippen LogP contribution is 2.42. The van der Waals surface area contributed by atoms with Gasteiger partial charge in [0.15, 0.2) is 11.6 Å². The van der Waals surface area contributed by atoms with Gasteiger partial charge in [-0.25, -0.2) is 0 Å². The first-order chi connectivity index (χ1) is 18.7. The molecule has 5 rings (SSSR count). The zero-order chi connectivity index (χ0) is 29.0. The Hall–Kier alpha value is -5.00. The monoisotopic (exact) mass is 558 g/mol. The van der Waals surface area contributed by atoms with E-state index < -0.39 is 46.5 Å². The van der Waals surface area contributed by atoms with Gasteiger partial charge in [-0.05, 0) is 72.8 Å². The summed E-state index contributed by atoms with van der Waals surface area (Å²) in [4.78, 5) is 26.4. The summed E-state index contributed by atoms with van der Waals surface area (Å²) in [6.07, 6.45) is -9.53. The van der Waals surface area contributed by atoms with Crippen molar-refractivity contribution in [3.8, 4) is 23.0 Å². The van der Waals surface area contributed by atoms with Gasteiger partial charge in [0.1, 0.15) is 34.1 Å². The van der Waals surface area contributed by atoms with Crippen LogP contribution in [0.2, 0.25) is 0 Å². The molecule has 0 amide bonds. The normalized spacial score (nSPS) is 13.1. The number of rotatable bonds is 4. The Labute approximate surface area is 221 Å². The molecule has 4 N–H and O–H groups in total. The van der Waals surface area contributed by atoms with Crippen LogP contribution in [0.25, 0.3) is 0 Å². The van der Waals surface area contributed by atoms with E-state index in [2.05, 4.69) is 0 Å². The predicted octanol–water partition coefficient (Wildman–Crippen LogP) is 7.25. The summed E-state index contributed by atoms with van der Waals surface area (Å²) in [5.41, 5.74) is 8.06. The molecule has 0 aliphatic heterocycles. The third-order valence-electron chi connectivity index (χ3n) is 6.03. The van der Waals surface area contributed by atoms with Crippen molar-refractivity contribution < 1.29 is 45.4 Å². The van der Waals surface area contributed by atoms with Gasteiger partial charge in [-0.2, -0.15) is 26.3 Å². The van der Waals surface area contributed by atoms with Crippen molar-refractivity contribution in [3.63, 3.8) is 0 Å². The summed E-state index contributed by atoms with van der Waals surface area (Å²) in [6, 6.07) is 13.1. The zero-order valence-corrected chi connectivity index (χ0v) is 20.0. The summed E-state index contributed by atoms with van der Waals surface area (Å²) in [6.45, 7) is 0. The lowest BCUT2D eigenvalue weighted by molar-refractivity contribution is -0.139. The van der Waals surface area contributed by atoms with Gasteiger partial charge in [0, 0.05) is 33.6 Å². The van der Waals surface area contributed by atoms with E-state index in [0.29, 0.717) is 12.1 Å². The van der Waals surface area contributed by atoms with E-state index in [1.807, 2.05) is 0 Å². The first kappa shape index (κ1) is 26.6. The largest absolute Gasteiger partial charge is 0.457 e. The van der Waals surface area contributed by atoms with E-state index in [1.165, 1.54) is 36.4 Å². The quantitative estimate of drug-likeness (QED) is 0.178. The molecule has 12 heteroatoms. The molecular weight excluding hydrogens is 542 g/mol. The number of ketones is 2. The maximum absolute atomic E-state index is 13.4. The van der Waals surface area contributed by atoms with E-state index in [0.717, 1.165) is 24.3 Å². The average molecular weight is 558 g/mol. The second-order valence-corrected chi connectivity index (χ2v) is 8.78. The molecule has 4 aromatic rings. The van der Waals surface area contributed by atoms with Crippen LogP contribution in [0.4, 0.5) is 37.7 Å². The Balaban J connectivity index is 1.47. The molecule has 4 aromatic carbocycles. The van der Waals surface area contributed by atoms with E-state index in [9.17, 15) is 35.9 Å². The van der Waals surface area contributed by atoms with Crippen LogP contribution in [0.3, 0.4) is 0 Å². The minimum atomic E-state index is -4.77. The summed E-state index contributed by atoms with van der Waals surface area (Å²) < 4.78 is 91.5. The molecule has 0 unspecified atom stereocenters. The number of anilines is 2. The fourth-order valence-electron chi connectivity index (χ4n) is 4.21. The van der Waals surface area contributed by atoms with E-state index in [-0.39, 0.29) is 45.1 Å². The lowest BCUT2D eigenvalue weighted by atomic mass is 9.84. The lowest BCUT2D eigenvalue weighted by Gasteiger charge is -2.20. The zero-order valence-electron chi connectivity index (χ0n) is 20.0. The first-order valence-corrected chi connectivity index (χ1v) is 11.4. The van der Waals surface area contributed by atoms with Crippen molar-refractivity contribution in [2.24, 2.45) is 0 Å². The molecule has 6 nitrogen and oxygen atoms in total. The minimum Gasteiger partial charge on any atom is -0.457 e. The van der Waals surface area contributed by atoms with Crippen LogP contribution in [0.5, 0.6) is 23.0 Å². The van der Waals surface area contributed by atoms with Crippen LogP contribution in [-0.4, -0.2) is 11.6 Å². The van der Waals surface area contributed by atoms with Gasteiger partial charge < -0.3 is 20.9 Å². The minimum absolute atomic E-state index is 0.0705. The van der Waals surface area contributed by atoms with Gasteiger partial charge >= 0.3 is 12.4 Å². The fourth-order valence-corrected chi connectivity index (χ4v) is 4.21. The molecule has 0 bridgehead atoms. The van der Waals surface area contributed by atoms with Crippen LogP contribution < -0.4 is 20.9 Å². The third kappa shape index (κ3) is 4.91. The molecule has 1 aliphatic carbocycles. The maximum Gasteiger partial charge on any atom is 0.420 e. The predicted molar refractivity (Wildman–Crippen MR) is 132 cm³/mol. The molecule has 0 spiro atoms. The van der Waals surface area contributed by atoms with Gasteiger partial charge in [-0.1, -0.05) is 0 Å². The molecule has 0 saturated carbocycles. The number of hydrogen-bond acceptors (Lipinski definition) is 6. The Morgan fingerprint density at radius 2 is 0.875 bits per heavy atom. The van der Waals surface area contributed by atoms with Gasteiger partial charge in [0.05, 0.1) is 0 Å². The maximum atomic E-state index is 13.4. The van der Waals surface area contributed by atoms with Gasteiger partial charge in [-0.3, -0.25) is 9.59 Å². The molecule has 0 aromatic heterocycles. The Morgan fingerprint density at radius 1 is 0.500 bits per heavy atom. The number of halogens is 6. The number of alkyl halides is 6. The van der Waals surface area contributed by atoms with Crippen molar-refractivity contribution in [2.45, 2.75) is 12.4 Å². The molecule has 0 saturated heterocycles. The van der Waals surface area contributed by atoms with Crippen LogP contribution in [-0.2, 0) is 12.4 Å². The van der Waals surface area contributed by atoms with Crippen LogP contribution in [0.1, 0.15) is 43.0 Å². The Kier molecular flexibility index (Phi) is 6.20. The number of nitrogen functional groups attached to an aromatic ring is 2. The van der Waals surface area contributed by atoms with E-state index >= 15 is 0 Å². The first-order valence-electron chi connectivity index (χ1n) is 11.4. The summed E-state index contributed by atoms with van der Waals surface area (Å²) in [5.74, 6) is -2.67. The number of hydrogen-bond donors (Lipinski definition) is 2. The molecular formula is C28H16F6N2O4. The molecule has 1 aliphatic rings. The Morgan fingerprint density at radius 3 is 1.23 bits per heavy atom. The number of carbonyl (C=O) groups excluding carboxylic acids is 2. The van der Waals surface area contributed by atoms with Crippen LogP contribution >= 0.6 is 0 Å². The molecule has 0 heterocycles. The highest BCUT2D eigenvalue weighted by Gasteiger charge is 2.37. The van der Waals surface area contributed by atoms with Gasteiger partial charge in [0.25, 0.3) is 0 Å². The number of fused-ring (bicyclic) bond motifs is 2. The van der Waals surface area contributed by atoms with Crippen molar-refractivity contribution in [2.75, 3.05) is 11.5 Å². The summed E-state index contributed by atoms with van der Waals surface area (Å²) in [5, 5.41) is 0. The molecule has 204 valence electrons. The van der Waals surface area contributed by atoms with Gasteiger partial charge in [-0.15, -0.1) is 0 Å². The third-order valence-corrected chi connectivity index (χ3v) is 6.03. The summed E-state index contributed by atoms with van der Waals surface area (Å²) >= 11 is 0. The number of nitrogens with two attached hydrogens (primary N) is 2. The topological polar surface area (TPSA) is 105 Å². The van der Waals surface area contributed by atoms with Crippen molar-refractivity contribution in [3.05, 3.63) is 106 Å². The highest BCUT2D eigenvalue weighted by atomic mass is 19.4. The molecule has 0 fully saturated rings. The Bertz CT molecular complexity index is 1570. The summed E-state index contributed by atoms with van der Waals surface area (Å²) in [7, 11) is 0. The standard InChI is InChI=1S/C28H16F6N2O4/c29-27(30,31)21-9-13(35)1-7-23(21)39-15-3-5-17-19(11-15)25(37)18-6-4-16(12-20(18)26(17)38)40-24-8-2-14(36)10-22(24)28(32,33)34/h1-12H,35-36H2.